The maximum absolute atomic E-state index is 4.71. The normalized spacial score (nSPS) is 11.3. The van der Waals surface area contributed by atoms with E-state index < -0.39 is 0 Å². The molecule has 6 rings (SSSR count). The molecule has 7 nitrogen and oxygen atoms in total. The highest BCUT2D eigenvalue weighted by molar-refractivity contribution is 6.26. The fraction of sp³-hybridized carbons (Fsp3) is 0. The van der Waals surface area contributed by atoms with E-state index in [1.807, 2.05) is 36.5 Å². The van der Waals surface area contributed by atoms with Gasteiger partial charge in [-0.15, -0.1) is 0 Å². The number of nitrogens with zero attached hydrogens (tertiary/aromatic N) is 7. The Balaban J connectivity index is 1.93. The second kappa shape index (κ2) is 6.59. The van der Waals surface area contributed by atoms with Crippen LogP contribution in [-0.4, -0.2) is 34.9 Å². The molecule has 0 aliphatic carbocycles. The number of hydrogen-bond donors (Lipinski definition) is 0. The zero-order chi connectivity index (χ0) is 19.9. The molecule has 0 saturated carbocycles. The number of benzene rings is 3. The lowest BCUT2D eigenvalue weighted by Crippen LogP contribution is -1.98. The van der Waals surface area contributed by atoms with E-state index in [1.165, 1.54) is 25.3 Å². The molecule has 0 spiro atoms. The lowest BCUT2D eigenvalue weighted by atomic mass is 9.90. The minimum absolute atomic E-state index is 0.602. The molecule has 0 saturated heterocycles. The van der Waals surface area contributed by atoms with Crippen LogP contribution in [0.2, 0.25) is 0 Å². The number of fused-ring (bicyclic) bond motifs is 4. The first kappa shape index (κ1) is 16.6. The van der Waals surface area contributed by atoms with E-state index in [1.54, 1.807) is 0 Å². The zero-order valence-electron chi connectivity index (χ0n) is 15.6. The summed E-state index contributed by atoms with van der Waals surface area (Å²) in [6.07, 6.45) is 7.95. The van der Waals surface area contributed by atoms with E-state index in [0.29, 0.717) is 11.6 Å². The molecule has 3 aromatic heterocycles. The first-order chi connectivity index (χ1) is 14.9. The fourth-order valence-corrected chi connectivity index (χ4v) is 4.01. The molecule has 30 heavy (non-hydrogen) atoms. The van der Waals surface area contributed by atoms with Crippen LogP contribution in [0, 0.1) is 0 Å². The highest BCUT2D eigenvalue weighted by Crippen LogP contribution is 2.43. The zero-order valence-corrected chi connectivity index (χ0v) is 15.6. The predicted molar refractivity (Wildman–Crippen MR) is 114 cm³/mol. The molecule has 0 aliphatic rings. The van der Waals surface area contributed by atoms with Crippen molar-refractivity contribution in [1.82, 2.24) is 34.9 Å². The first-order valence-electron chi connectivity index (χ1n) is 9.39. The highest BCUT2D eigenvalue weighted by Gasteiger charge is 2.21. The smallest absolute Gasteiger partial charge is 0.163 e. The van der Waals surface area contributed by atoms with Gasteiger partial charge < -0.3 is 0 Å². The standard InChI is InChI=1S/C23H13N7/c1-2-6-15-14(5-1)20(22-27-10-24-11-28-22)17-9-26-18-8-4-3-7-16(18)19(17)21(15)23-29-12-25-13-30-23/h1-13H. The van der Waals surface area contributed by atoms with Crippen LogP contribution >= 0.6 is 0 Å². The average Bonchev–Trinajstić information content (AvgIpc) is 2.83. The fourth-order valence-electron chi connectivity index (χ4n) is 4.01. The van der Waals surface area contributed by atoms with Crippen LogP contribution in [0.3, 0.4) is 0 Å². The summed E-state index contributed by atoms with van der Waals surface area (Å²) < 4.78 is 0. The lowest BCUT2D eigenvalue weighted by molar-refractivity contribution is 1.06. The molecule has 3 heterocycles. The van der Waals surface area contributed by atoms with Crippen molar-refractivity contribution in [3.05, 3.63) is 80.0 Å². The van der Waals surface area contributed by atoms with E-state index in [2.05, 4.69) is 48.1 Å². The van der Waals surface area contributed by atoms with Gasteiger partial charge >= 0.3 is 0 Å². The number of hydrogen-bond acceptors (Lipinski definition) is 7. The molecule has 0 unspecified atom stereocenters. The summed E-state index contributed by atoms with van der Waals surface area (Å²) in [7, 11) is 0. The molecule has 0 radical (unpaired) electrons. The predicted octanol–water partition coefficient (Wildman–Crippen LogP) is 4.25. The van der Waals surface area contributed by atoms with E-state index in [4.69, 9.17) is 4.98 Å². The molecular weight excluding hydrogens is 374 g/mol. The van der Waals surface area contributed by atoms with Gasteiger partial charge in [-0.25, -0.2) is 29.9 Å². The molecule has 6 aromatic rings. The Kier molecular flexibility index (Phi) is 3.64. The highest BCUT2D eigenvalue weighted by atomic mass is 15.0. The van der Waals surface area contributed by atoms with Crippen molar-refractivity contribution < 1.29 is 0 Å². The Hall–Kier alpha value is -4.39. The van der Waals surface area contributed by atoms with Crippen molar-refractivity contribution in [2.45, 2.75) is 0 Å². The minimum atomic E-state index is 0.602. The topological polar surface area (TPSA) is 90.2 Å². The van der Waals surface area contributed by atoms with Gasteiger partial charge in [0.1, 0.15) is 25.3 Å². The van der Waals surface area contributed by atoms with Crippen molar-refractivity contribution in [2.24, 2.45) is 0 Å². The summed E-state index contributed by atoms with van der Waals surface area (Å²) in [4.78, 5) is 30.5. The van der Waals surface area contributed by atoms with Crippen molar-refractivity contribution >= 4 is 32.4 Å². The Morgan fingerprint density at radius 1 is 0.467 bits per heavy atom. The van der Waals surface area contributed by atoms with Crippen molar-refractivity contribution in [3.63, 3.8) is 0 Å². The van der Waals surface area contributed by atoms with Crippen LogP contribution in [0.15, 0.2) is 80.0 Å². The molecular formula is C23H13N7. The van der Waals surface area contributed by atoms with Gasteiger partial charge in [0.25, 0.3) is 0 Å². The van der Waals surface area contributed by atoms with E-state index in [9.17, 15) is 0 Å². The molecule has 0 aliphatic heterocycles. The minimum Gasteiger partial charge on any atom is -0.256 e. The van der Waals surface area contributed by atoms with Crippen LogP contribution in [0.25, 0.3) is 55.2 Å². The van der Waals surface area contributed by atoms with Gasteiger partial charge in [0.05, 0.1) is 5.52 Å². The summed E-state index contributed by atoms with van der Waals surface area (Å²) in [5, 5.41) is 4.99. The molecule has 140 valence electrons. The van der Waals surface area contributed by atoms with Gasteiger partial charge in [-0.1, -0.05) is 42.5 Å². The Morgan fingerprint density at radius 3 is 1.67 bits per heavy atom. The summed E-state index contributed by atoms with van der Waals surface area (Å²) in [6, 6.07) is 16.2. The second-order valence-corrected chi connectivity index (χ2v) is 6.78. The van der Waals surface area contributed by atoms with Gasteiger partial charge in [-0.3, -0.25) is 4.98 Å². The molecule has 0 N–H and O–H groups in total. The maximum atomic E-state index is 4.71. The van der Waals surface area contributed by atoms with Crippen LogP contribution in [0.1, 0.15) is 0 Å². The van der Waals surface area contributed by atoms with Crippen LogP contribution in [0.4, 0.5) is 0 Å². The van der Waals surface area contributed by atoms with Gasteiger partial charge in [0, 0.05) is 33.5 Å². The second-order valence-electron chi connectivity index (χ2n) is 6.78. The molecule has 0 atom stereocenters. The van der Waals surface area contributed by atoms with E-state index in [0.717, 1.165) is 43.6 Å². The molecule has 0 fully saturated rings. The van der Waals surface area contributed by atoms with Crippen LogP contribution < -0.4 is 0 Å². The SMILES string of the molecule is c1ccc2c(c1)ncc1c(-c3ncncn3)c3ccccc3c(-c3ncncn3)c12. The molecule has 0 bridgehead atoms. The van der Waals surface area contributed by atoms with Crippen LogP contribution in [0.5, 0.6) is 0 Å². The molecule has 7 heteroatoms. The van der Waals surface area contributed by atoms with Crippen molar-refractivity contribution in [3.8, 4) is 22.8 Å². The third kappa shape index (κ3) is 2.42. The lowest BCUT2D eigenvalue weighted by Gasteiger charge is -2.16. The molecule has 3 aromatic carbocycles. The quantitative estimate of drug-likeness (QED) is 0.324. The van der Waals surface area contributed by atoms with Gasteiger partial charge in [-0.2, -0.15) is 0 Å². The monoisotopic (exact) mass is 387 g/mol. The van der Waals surface area contributed by atoms with E-state index >= 15 is 0 Å². The maximum Gasteiger partial charge on any atom is 0.163 e. The summed E-state index contributed by atoms with van der Waals surface area (Å²) in [6.45, 7) is 0. The van der Waals surface area contributed by atoms with Gasteiger partial charge in [0.15, 0.2) is 11.6 Å². The summed E-state index contributed by atoms with van der Waals surface area (Å²) >= 11 is 0. The number of aromatic nitrogens is 7. The molecule has 0 amide bonds. The Morgan fingerprint density at radius 2 is 1.00 bits per heavy atom. The average molecular weight is 387 g/mol. The summed E-state index contributed by atoms with van der Waals surface area (Å²) in [5.74, 6) is 1.22. The van der Waals surface area contributed by atoms with Crippen molar-refractivity contribution in [1.29, 1.82) is 0 Å². The number of rotatable bonds is 2. The third-order valence-electron chi connectivity index (χ3n) is 5.19. The van der Waals surface area contributed by atoms with E-state index in [-0.39, 0.29) is 0 Å². The third-order valence-corrected chi connectivity index (χ3v) is 5.19. The Bertz CT molecular complexity index is 1530. The first-order valence-corrected chi connectivity index (χ1v) is 9.39. The van der Waals surface area contributed by atoms with Crippen LogP contribution in [-0.2, 0) is 0 Å². The number of pyridine rings is 1. The summed E-state index contributed by atoms with van der Waals surface area (Å²) in [5.41, 5.74) is 2.76. The van der Waals surface area contributed by atoms with Gasteiger partial charge in [0.2, 0.25) is 0 Å². The number of para-hydroxylation sites is 1. The Labute approximate surface area is 170 Å². The van der Waals surface area contributed by atoms with Gasteiger partial charge in [-0.05, 0) is 16.8 Å². The van der Waals surface area contributed by atoms with Crippen molar-refractivity contribution in [2.75, 3.05) is 0 Å². The largest absolute Gasteiger partial charge is 0.256 e.